The second-order valence-corrected chi connectivity index (χ2v) is 3.84. The van der Waals surface area contributed by atoms with Gasteiger partial charge in [-0.25, -0.2) is 15.4 Å². The molecule has 0 fully saturated rings. The summed E-state index contributed by atoms with van der Waals surface area (Å²) < 4.78 is 0. The Labute approximate surface area is 91.3 Å². The molecule has 0 radical (unpaired) electrons. The smallest absolute Gasteiger partial charge is 0.146 e. The van der Waals surface area contributed by atoms with E-state index in [1.165, 1.54) is 0 Å². The van der Waals surface area contributed by atoms with E-state index in [-0.39, 0.29) is 6.04 Å². The Hall–Kier alpha value is -1.00. The van der Waals surface area contributed by atoms with Gasteiger partial charge in [0, 0.05) is 12.4 Å². The third-order valence-electron chi connectivity index (χ3n) is 2.78. The van der Waals surface area contributed by atoms with E-state index >= 15 is 0 Å². The molecule has 1 rings (SSSR count). The Bertz CT molecular complexity index is 279. The highest BCUT2D eigenvalue weighted by Crippen LogP contribution is 2.23. The maximum atomic E-state index is 5.56. The molecule has 15 heavy (non-hydrogen) atoms. The second kappa shape index (κ2) is 5.78. The van der Waals surface area contributed by atoms with Gasteiger partial charge < -0.3 is 0 Å². The zero-order valence-corrected chi connectivity index (χ0v) is 9.70. The van der Waals surface area contributed by atoms with Crippen molar-refractivity contribution in [2.75, 3.05) is 0 Å². The molecular weight excluding hydrogens is 188 g/mol. The first-order chi connectivity index (χ1) is 7.22. The minimum atomic E-state index is 0.0561. The van der Waals surface area contributed by atoms with Crippen molar-refractivity contribution >= 4 is 0 Å². The summed E-state index contributed by atoms with van der Waals surface area (Å²) in [5, 5.41) is 0. The van der Waals surface area contributed by atoms with Crippen molar-refractivity contribution in [3.63, 3.8) is 0 Å². The lowest BCUT2D eigenvalue weighted by Gasteiger charge is -2.22. The van der Waals surface area contributed by atoms with Crippen molar-refractivity contribution < 1.29 is 0 Å². The molecule has 1 atom stereocenters. The molecular formula is C11H20N4. The van der Waals surface area contributed by atoms with Crippen LogP contribution < -0.4 is 11.3 Å². The molecule has 0 aliphatic rings. The molecule has 4 heteroatoms. The first-order valence-electron chi connectivity index (χ1n) is 5.47. The number of hydrogen-bond acceptors (Lipinski definition) is 4. The summed E-state index contributed by atoms with van der Waals surface area (Å²) in [4.78, 5) is 8.63. The van der Waals surface area contributed by atoms with E-state index < -0.39 is 0 Å². The number of nitrogens with one attached hydrogen (secondary N) is 1. The number of nitrogens with zero attached hydrogens (tertiary/aromatic N) is 2. The van der Waals surface area contributed by atoms with Crippen LogP contribution in [0.1, 0.15) is 44.1 Å². The van der Waals surface area contributed by atoms with Crippen LogP contribution in [0.3, 0.4) is 0 Å². The van der Waals surface area contributed by atoms with Crippen molar-refractivity contribution in [3.8, 4) is 0 Å². The third-order valence-corrected chi connectivity index (χ3v) is 2.78. The van der Waals surface area contributed by atoms with Gasteiger partial charge in [0.2, 0.25) is 0 Å². The molecule has 84 valence electrons. The molecule has 0 saturated carbocycles. The summed E-state index contributed by atoms with van der Waals surface area (Å²) in [5.74, 6) is 6.84. The average Bonchev–Trinajstić information content (AvgIpc) is 2.27. The van der Waals surface area contributed by atoms with Crippen molar-refractivity contribution in [1.82, 2.24) is 15.4 Å². The zero-order valence-electron chi connectivity index (χ0n) is 9.70. The standard InChI is InChI=1S/C11H20N4/c1-4-9(5-2)10(15-12)11-13-6-8(3)7-14-11/h6-7,9-10,15H,4-5,12H2,1-3H3. The first-order valence-corrected chi connectivity index (χ1v) is 5.47. The molecule has 1 heterocycles. The Balaban J connectivity index is 2.86. The Morgan fingerprint density at radius 1 is 1.27 bits per heavy atom. The SMILES string of the molecule is CCC(CC)C(NN)c1ncc(C)cn1. The van der Waals surface area contributed by atoms with Gasteiger partial charge in [0.1, 0.15) is 5.82 Å². The zero-order chi connectivity index (χ0) is 11.3. The van der Waals surface area contributed by atoms with Crippen LogP contribution in [0.5, 0.6) is 0 Å². The Kier molecular flexibility index (Phi) is 4.65. The molecule has 0 aliphatic carbocycles. The van der Waals surface area contributed by atoms with Gasteiger partial charge in [-0.2, -0.15) is 0 Å². The summed E-state index contributed by atoms with van der Waals surface area (Å²) in [5.41, 5.74) is 3.88. The number of hydrazine groups is 1. The van der Waals surface area contributed by atoms with Crippen LogP contribution in [0.2, 0.25) is 0 Å². The summed E-state index contributed by atoms with van der Waals surface area (Å²) in [6, 6.07) is 0.0561. The molecule has 0 bridgehead atoms. The molecule has 0 aliphatic heterocycles. The van der Waals surface area contributed by atoms with Gasteiger partial charge in [-0.05, 0) is 18.4 Å². The predicted octanol–water partition coefficient (Wildman–Crippen LogP) is 1.73. The summed E-state index contributed by atoms with van der Waals surface area (Å²) >= 11 is 0. The van der Waals surface area contributed by atoms with Crippen LogP contribution in [0.4, 0.5) is 0 Å². The van der Waals surface area contributed by atoms with Crippen molar-refractivity contribution in [2.45, 2.75) is 39.7 Å². The van der Waals surface area contributed by atoms with E-state index in [0.29, 0.717) is 5.92 Å². The largest absolute Gasteiger partial charge is 0.271 e. The van der Waals surface area contributed by atoms with Crippen LogP contribution in [0, 0.1) is 12.8 Å². The predicted molar refractivity (Wildman–Crippen MR) is 60.9 cm³/mol. The van der Waals surface area contributed by atoms with Gasteiger partial charge in [0.05, 0.1) is 6.04 Å². The number of aryl methyl sites for hydroxylation is 1. The molecule has 0 aromatic carbocycles. The molecule has 3 N–H and O–H groups in total. The fraction of sp³-hybridized carbons (Fsp3) is 0.636. The minimum Gasteiger partial charge on any atom is -0.271 e. The highest BCUT2D eigenvalue weighted by molar-refractivity contribution is 5.05. The molecule has 0 saturated heterocycles. The van der Waals surface area contributed by atoms with Gasteiger partial charge in [-0.3, -0.25) is 5.84 Å². The van der Waals surface area contributed by atoms with E-state index in [4.69, 9.17) is 5.84 Å². The van der Waals surface area contributed by atoms with Crippen LogP contribution in [0.25, 0.3) is 0 Å². The fourth-order valence-corrected chi connectivity index (χ4v) is 1.74. The maximum Gasteiger partial charge on any atom is 0.146 e. The van der Waals surface area contributed by atoms with Crippen molar-refractivity contribution in [2.24, 2.45) is 11.8 Å². The Morgan fingerprint density at radius 3 is 2.20 bits per heavy atom. The monoisotopic (exact) mass is 208 g/mol. The second-order valence-electron chi connectivity index (χ2n) is 3.84. The van der Waals surface area contributed by atoms with Gasteiger partial charge >= 0.3 is 0 Å². The first kappa shape index (κ1) is 12.1. The molecule has 0 amide bonds. The quantitative estimate of drug-likeness (QED) is 0.571. The summed E-state index contributed by atoms with van der Waals surface area (Å²) in [6.07, 6.45) is 5.80. The molecule has 4 nitrogen and oxygen atoms in total. The van der Waals surface area contributed by atoms with E-state index in [2.05, 4.69) is 29.2 Å². The van der Waals surface area contributed by atoms with Gasteiger partial charge in [0.15, 0.2) is 0 Å². The lowest BCUT2D eigenvalue weighted by molar-refractivity contribution is 0.332. The number of rotatable bonds is 5. The highest BCUT2D eigenvalue weighted by atomic mass is 15.2. The normalized spacial score (nSPS) is 13.1. The molecule has 1 aromatic heterocycles. The van der Waals surface area contributed by atoms with Crippen molar-refractivity contribution in [3.05, 3.63) is 23.8 Å². The summed E-state index contributed by atoms with van der Waals surface area (Å²) in [6.45, 7) is 6.30. The Morgan fingerprint density at radius 2 is 1.80 bits per heavy atom. The van der Waals surface area contributed by atoms with Crippen molar-refractivity contribution in [1.29, 1.82) is 0 Å². The van der Waals surface area contributed by atoms with Crippen LogP contribution in [-0.4, -0.2) is 9.97 Å². The van der Waals surface area contributed by atoms with E-state index in [9.17, 15) is 0 Å². The number of hydrogen-bond donors (Lipinski definition) is 2. The number of nitrogens with two attached hydrogens (primary N) is 1. The van der Waals surface area contributed by atoms with Crippen LogP contribution >= 0.6 is 0 Å². The van der Waals surface area contributed by atoms with Gasteiger partial charge in [-0.1, -0.05) is 26.7 Å². The minimum absolute atomic E-state index is 0.0561. The molecule has 0 spiro atoms. The van der Waals surface area contributed by atoms with Crippen LogP contribution in [0.15, 0.2) is 12.4 Å². The van der Waals surface area contributed by atoms with E-state index in [1.807, 2.05) is 19.3 Å². The topological polar surface area (TPSA) is 63.8 Å². The van der Waals surface area contributed by atoms with Gasteiger partial charge in [0.25, 0.3) is 0 Å². The van der Waals surface area contributed by atoms with E-state index in [1.54, 1.807) is 0 Å². The average molecular weight is 208 g/mol. The molecule has 1 aromatic rings. The van der Waals surface area contributed by atoms with E-state index in [0.717, 1.165) is 24.2 Å². The maximum absolute atomic E-state index is 5.56. The van der Waals surface area contributed by atoms with Gasteiger partial charge in [-0.15, -0.1) is 0 Å². The summed E-state index contributed by atoms with van der Waals surface area (Å²) in [7, 11) is 0. The third kappa shape index (κ3) is 2.97. The lowest BCUT2D eigenvalue weighted by atomic mass is 9.94. The fourth-order valence-electron chi connectivity index (χ4n) is 1.74. The van der Waals surface area contributed by atoms with Crippen LogP contribution in [-0.2, 0) is 0 Å². The number of aromatic nitrogens is 2. The highest BCUT2D eigenvalue weighted by Gasteiger charge is 2.21. The lowest BCUT2D eigenvalue weighted by Crippen LogP contribution is -2.34. The molecule has 1 unspecified atom stereocenters.